The van der Waals surface area contributed by atoms with E-state index in [1.807, 2.05) is 6.07 Å². The van der Waals surface area contributed by atoms with Gasteiger partial charge in [-0.3, -0.25) is 9.59 Å². The number of pyridine rings is 1. The highest BCUT2D eigenvalue weighted by Gasteiger charge is 2.33. The Labute approximate surface area is 178 Å². The van der Waals surface area contributed by atoms with Crippen molar-refractivity contribution in [3.05, 3.63) is 46.5 Å². The van der Waals surface area contributed by atoms with Crippen molar-refractivity contribution < 1.29 is 9.53 Å². The van der Waals surface area contributed by atoms with Crippen molar-refractivity contribution in [3.63, 3.8) is 0 Å². The summed E-state index contributed by atoms with van der Waals surface area (Å²) >= 11 is 0. The van der Waals surface area contributed by atoms with Crippen LogP contribution in [0.25, 0.3) is 5.65 Å². The molecule has 0 unspecified atom stereocenters. The fourth-order valence-corrected chi connectivity index (χ4v) is 3.91. The number of nitrogens with one attached hydrogen (secondary N) is 3. The normalized spacial score (nSPS) is 20.3. The molecular weight excluding hydrogens is 398 g/mol. The summed E-state index contributed by atoms with van der Waals surface area (Å²) in [4.78, 5) is 30.2. The number of carbonyl (C=O) groups excluding carboxylic acids is 1. The Bertz CT molecular complexity index is 1200. The number of methoxy groups -OCH3 is 1. The number of hydrogen-bond acceptors (Lipinski definition) is 7. The van der Waals surface area contributed by atoms with Gasteiger partial charge in [0.25, 0.3) is 11.5 Å². The molecule has 2 atom stereocenters. The van der Waals surface area contributed by atoms with Crippen molar-refractivity contribution in [1.82, 2.24) is 24.5 Å². The summed E-state index contributed by atoms with van der Waals surface area (Å²) in [5.41, 5.74) is 1.09. The van der Waals surface area contributed by atoms with Crippen LogP contribution in [-0.4, -0.2) is 51.4 Å². The van der Waals surface area contributed by atoms with E-state index < -0.39 is 0 Å². The van der Waals surface area contributed by atoms with Gasteiger partial charge in [-0.1, -0.05) is 0 Å². The second-order valence-electron chi connectivity index (χ2n) is 8.00. The third kappa shape index (κ3) is 3.52. The van der Waals surface area contributed by atoms with Crippen LogP contribution >= 0.6 is 0 Å². The highest BCUT2D eigenvalue weighted by atomic mass is 16.5. The Balaban J connectivity index is 1.49. The van der Waals surface area contributed by atoms with Crippen LogP contribution in [0.1, 0.15) is 42.1 Å². The standard InChI is InChI=1S/C21H25N7O3/c1-22-18-10-17(26-19-13(11-23-28(18)19)20(29)24-12-5-6-12)25-14-4-3-9-27(21(14)30)15-7-8-16(15)31-2/h3-4,9-12,15-16,22H,5-8H2,1-2H3,(H,24,29)(H,25,26)/t15-,16-/m0/s1. The first-order valence-corrected chi connectivity index (χ1v) is 10.5. The van der Waals surface area contributed by atoms with Crippen LogP contribution in [0.3, 0.4) is 0 Å². The molecular formula is C21H25N7O3. The van der Waals surface area contributed by atoms with E-state index in [2.05, 4.69) is 26.0 Å². The summed E-state index contributed by atoms with van der Waals surface area (Å²) < 4.78 is 8.75. The number of amides is 1. The molecule has 3 N–H and O–H groups in total. The van der Waals surface area contributed by atoms with Crippen molar-refractivity contribution in [3.8, 4) is 0 Å². The van der Waals surface area contributed by atoms with Gasteiger partial charge in [0.1, 0.15) is 22.9 Å². The first kappa shape index (κ1) is 19.6. The lowest BCUT2D eigenvalue weighted by molar-refractivity contribution is -0.0103. The van der Waals surface area contributed by atoms with E-state index in [0.717, 1.165) is 25.7 Å². The maximum Gasteiger partial charge on any atom is 0.274 e. The van der Waals surface area contributed by atoms with Crippen LogP contribution in [-0.2, 0) is 4.74 Å². The molecule has 0 aromatic carbocycles. The van der Waals surface area contributed by atoms with E-state index >= 15 is 0 Å². The predicted octanol–water partition coefficient (Wildman–Crippen LogP) is 1.92. The minimum absolute atomic E-state index is 0.0371. The van der Waals surface area contributed by atoms with Crippen LogP contribution < -0.4 is 21.5 Å². The summed E-state index contributed by atoms with van der Waals surface area (Å²) in [5, 5.41) is 13.5. The maximum atomic E-state index is 13.1. The molecule has 2 aliphatic rings. The molecule has 10 heteroatoms. The van der Waals surface area contributed by atoms with Crippen LogP contribution in [0.5, 0.6) is 0 Å². The molecule has 0 aliphatic heterocycles. The summed E-state index contributed by atoms with van der Waals surface area (Å²) in [6.45, 7) is 0. The Morgan fingerprint density at radius 3 is 2.77 bits per heavy atom. The summed E-state index contributed by atoms with van der Waals surface area (Å²) in [7, 11) is 3.44. The number of anilines is 3. The van der Waals surface area contributed by atoms with Crippen LogP contribution in [0.4, 0.5) is 17.3 Å². The van der Waals surface area contributed by atoms with Crippen molar-refractivity contribution in [1.29, 1.82) is 0 Å². The first-order valence-electron chi connectivity index (χ1n) is 10.5. The summed E-state index contributed by atoms with van der Waals surface area (Å²) in [6.07, 6.45) is 7.21. The summed E-state index contributed by atoms with van der Waals surface area (Å²) in [6, 6.07) is 5.58. The van der Waals surface area contributed by atoms with E-state index in [-0.39, 0.29) is 29.7 Å². The summed E-state index contributed by atoms with van der Waals surface area (Å²) in [5.74, 6) is 0.902. The van der Waals surface area contributed by atoms with Gasteiger partial charge in [-0.25, -0.2) is 4.98 Å². The minimum Gasteiger partial charge on any atom is -0.379 e. The molecule has 1 amide bonds. The molecule has 0 radical (unpaired) electrons. The van der Waals surface area contributed by atoms with E-state index in [9.17, 15) is 9.59 Å². The molecule has 3 aromatic rings. The number of aromatic nitrogens is 4. The molecule has 5 rings (SSSR count). The van der Waals surface area contributed by atoms with Crippen LogP contribution in [0.15, 0.2) is 35.4 Å². The van der Waals surface area contributed by atoms with Gasteiger partial charge in [-0.15, -0.1) is 0 Å². The van der Waals surface area contributed by atoms with Gasteiger partial charge >= 0.3 is 0 Å². The van der Waals surface area contributed by atoms with Gasteiger partial charge in [0, 0.05) is 32.5 Å². The SMILES string of the molecule is CNc1cc(Nc2cccn([C@H]3CC[C@@H]3OC)c2=O)nc2c(C(=O)NC3CC3)cnn12. The zero-order chi connectivity index (χ0) is 21.5. The van der Waals surface area contributed by atoms with E-state index in [1.165, 1.54) is 6.20 Å². The lowest BCUT2D eigenvalue weighted by Gasteiger charge is -2.36. The van der Waals surface area contributed by atoms with Crippen molar-refractivity contribution in [2.45, 2.75) is 43.9 Å². The molecule has 3 heterocycles. The zero-order valence-electron chi connectivity index (χ0n) is 17.5. The number of hydrogen-bond donors (Lipinski definition) is 3. The average molecular weight is 423 g/mol. The van der Waals surface area contributed by atoms with Gasteiger partial charge in [-0.2, -0.15) is 9.61 Å². The number of fused-ring (bicyclic) bond motifs is 1. The molecule has 3 aromatic heterocycles. The number of ether oxygens (including phenoxy) is 1. The Kier molecular flexibility index (Phi) is 4.85. The highest BCUT2D eigenvalue weighted by Crippen LogP contribution is 2.33. The average Bonchev–Trinajstić information content (AvgIpc) is 3.45. The van der Waals surface area contributed by atoms with Crippen LogP contribution in [0.2, 0.25) is 0 Å². The number of carbonyl (C=O) groups is 1. The minimum atomic E-state index is -0.193. The molecule has 162 valence electrons. The Hall–Kier alpha value is -3.40. The van der Waals surface area contributed by atoms with Crippen molar-refractivity contribution >= 4 is 28.9 Å². The predicted molar refractivity (Wildman–Crippen MR) is 116 cm³/mol. The molecule has 0 bridgehead atoms. The van der Waals surface area contributed by atoms with Gasteiger partial charge in [0.15, 0.2) is 5.65 Å². The highest BCUT2D eigenvalue weighted by molar-refractivity contribution is 6.00. The fraction of sp³-hybridized carbons (Fsp3) is 0.429. The smallest absolute Gasteiger partial charge is 0.274 e. The van der Waals surface area contributed by atoms with Gasteiger partial charge < -0.3 is 25.3 Å². The molecule has 31 heavy (non-hydrogen) atoms. The van der Waals surface area contributed by atoms with E-state index in [0.29, 0.717) is 28.5 Å². The third-order valence-corrected chi connectivity index (χ3v) is 5.96. The fourth-order valence-electron chi connectivity index (χ4n) is 3.91. The van der Waals surface area contributed by atoms with Crippen molar-refractivity contribution in [2.75, 3.05) is 24.8 Å². The Morgan fingerprint density at radius 1 is 1.26 bits per heavy atom. The largest absolute Gasteiger partial charge is 0.379 e. The van der Waals surface area contributed by atoms with Gasteiger partial charge in [0.2, 0.25) is 0 Å². The quantitative estimate of drug-likeness (QED) is 0.532. The van der Waals surface area contributed by atoms with Crippen LogP contribution in [0, 0.1) is 0 Å². The molecule has 2 aliphatic carbocycles. The van der Waals surface area contributed by atoms with E-state index in [1.54, 1.807) is 41.6 Å². The van der Waals surface area contributed by atoms with Crippen molar-refractivity contribution in [2.24, 2.45) is 0 Å². The molecule has 0 spiro atoms. The molecule has 0 saturated heterocycles. The zero-order valence-corrected chi connectivity index (χ0v) is 17.5. The lowest BCUT2D eigenvalue weighted by atomic mass is 9.88. The monoisotopic (exact) mass is 423 g/mol. The topological polar surface area (TPSA) is 115 Å². The second kappa shape index (κ2) is 7.69. The molecule has 10 nitrogen and oxygen atoms in total. The number of rotatable bonds is 7. The lowest BCUT2D eigenvalue weighted by Crippen LogP contribution is -2.40. The Morgan fingerprint density at radius 2 is 2.10 bits per heavy atom. The second-order valence-corrected chi connectivity index (χ2v) is 8.00. The first-order chi connectivity index (χ1) is 15.1. The van der Waals surface area contributed by atoms with Gasteiger partial charge in [0.05, 0.1) is 18.3 Å². The van der Waals surface area contributed by atoms with E-state index in [4.69, 9.17) is 4.74 Å². The van der Waals surface area contributed by atoms with Gasteiger partial charge in [-0.05, 0) is 37.8 Å². The maximum absolute atomic E-state index is 13.1. The molecule has 2 saturated carbocycles. The molecule has 2 fully saturated rings. The number of nitrogens with zero attached hydrogens (tertiary/aromatic N) is 4. The third-order valence-electron chi connectivity index (χ3n) is 5.96.